The maximum Gasteiger partial charge on any atom is 0.153 e. The van der Waals surface area contributed by atoms with Crippen molar-refractivity contribution in [3.05, 3.63) is 66.1 Å². The van der Waals surface area contributed by atoms with Gasteiger partial charge >= 0.3 is 0 Å². The SMILES string of the molecule is Fc1cc(F)c(-n2ccc3ccccc32)c(F)c1. The van der Waals surface area contributed by atoms with Crippen LogP contribution in [0.2, 0.25) is 0 Å². The van der Waals surface area contributed by atoms with Gasteiger partial charge in [-0.1, -0.05) is 18.2 Å². The number of aromatic nitrogens is 1. The Morgan fingerprint density at radius 3 is 2.22 bits per heavy atom. The Hall–Kier alpha value is -2.23. The minimum atomic E-state index is -0.926. The zero-order valence-electron chi connectivity index (χ0n) is 9.20. The Morgan fingerprint density at radius 2 is 1.50 bits per heavy atom. The molecule has 0 N–H and O–H groups in total. The standard InChI is InChI=1S/C14H8F3N/c15-10-7-11(16)14(12(17)8-10)18-6-5-9-3-1-2-4-13(9)18/h1-8H. The predicted molar refractivity (Wildman–Crippen MR) is 63.1 cm³/mol. The number of nitrogens with zero attached hydrogens (tertiary/aromatic N) is 1. The first-order chi connectivity index (χ1) is 8.66. The molecule has 1 nitrogen and oxygen atoms in total. The zero-order chi connectivity index (χ0) is 12.7. The van der Waals surface area contributed by atoms with Gasteiger partial charge in [-0.15, -0.1) is 0 Å². The van der Waals surface area contributed by atoms with Crippen molar-refractivity contribution in [1.82, 2.24) is 4.57 Å². The lowest BCUT2D eigenvalue weighted by Crippen LogP contribution is -2.01. The molecule has 0 atom stereocenters. The first-order valence-electron chi connectivity index (χ1n) is 5.38. The minimum Gasteiger partial charge on any atom is -0.311 e. The van der Waals surface area contributed by atoms with E-state index >= 15 is 0 Å². The van der Waals surface area contributed by atoms with Crippen molar-refractivity contribution in [3.8, 4) is 5.69 Å². The molecule has 0 saturated heterocycles. The van der Waals surface area contributed by atoms with Crippen LogP contribution in [-0.2, 0) is 0 Å². The van der Waals surface area contributed by atoms with Crippen molar-refractivity contribution in [1.29, 1.82) is 0 Å². The van der Waals surface area contributed by atoms with Gasteiger partial charge in [0.25, 0.3) is 0 Å². The number of hydrogen-bond donors (Lipinski definition) is 0. The van der Waals surface area contributed by atoms with Gasteiger partial charge in [0.05, 0.1) is 5.52 Å². The molecule has 0 amide bonds. The minimum absolute atomic E-state index is 0.266. The number of fused-ring (bicyclic) bond motifs is 1. The van der Waals surface area contributed by atoms with Gasteiger partial charge in [-0.3, -0.25) is 0 Å². The zero-order valence-corrected chi connectivity index (χ0v) is 9.20. The van der Waals surface area contributed by atoms with Gasteiger partial charge in [-0.2, -0.15) is 0 Å². The van der Waals surface area contributed by atoms with Gasteiger partial charge in [-0.05, 0) is 17.5 Å². The number of rotatable bonds is 1. The third-order valence-electron chi connectivity index (χ3n) is 2.82. The highest BCUT2D eigenvalue weighted by Crippen LogP contribution is 2.25. The van der Waals surface area contributed by atoms with Crippen molar-refractivity contribution in [2.24, 2.45) is 0 Å². The topological polar surface area (TPSA) is 4.93 Å². The third kappa shape index (κ3) is 1.57. The summed E-state index contributed by atoms with van der Waals surface area (Å²) >= 11 is 0. The van der Waals surface area contributed by atoms with Crippen LogP contribution in [0.1, 0.15) is 0 Å². The normalized spacial score (nSPS) is 11.1. The molecule has 0 unspecified atom stereocenters. The van der Waals surface area contributed by atoms with Crippen molar-refractivity contribution >= 4 is 10.9 Å². The Bertz CT molecular complexity index is 708. The molecule has 2 aromatic carbocycles. The highest BCUT2D eigenvalue weighted by molar-refractivity contribution is 5.81. The monoisotopic (exact) mass is 247 g/mol. The van der Waals surface area contributed by atoms with E-state index in [9.17, 15) is 13.2 Å². The van der Waals surface area contributed by atoms with Gasteiger partial charge in [0, 0.05) is 18.3 Å². The van der Waals surface area contributed by atoms with Gasteiger partial charge in [0.2, 0.25) is 0 Å². The van der Waals surface area contributed by atoms with E-state index in [4.69, 9.17) is 0 Å². The summed E-state index contributed by atoms with van der Waals surface area (Å²) in [4.78, 5) is 0. The second-order valence-electron chi connectivity index (χ2n) is 3.96. The quantitative estimate of drug-likeness (QED) is 0.611. The summed E-state index contributed by atoms with van der Waals surface area (Å²) < 4.78 is 41.7. The van der Waals surface area contributed by atoms with Crippen LogP contribution in [0.3, 0.4) is 0 Å². The molecule has 1 aromatic heterocycles. The summed E-state index contributed by atoms with van der Waals surface area (Å²) in [5.74, 6) is -2.77. The Kier molecular flexibility index (Phi) is 2.37. The largest absolute Gasteiger partial charge is 0.311 e. The van der Waals surface area contributed by atoms with Crippen LogP contribution in [0.25, 0.3) is 16.6 Å². The second-order valence-corrected chi connectivity index (χ2v) is 3.96. The molecule has 0 aliphatic heterocycles. The van der Waals surface area contributed by atoms with Crippen LogP contribution >= 0.6 is 0 Å². The molecule has 3 rings (SSSR count). The van der Waals surface area contributed by atoms with Crippen molar-refractivity contribution in [2.45, 2.75) is 0 Å². The summed E-state index contributed by atoms with van der Waals surface area (Å²) in [6, 6.07) is 10.3. The third-order valence-corrected chi connectivity index (χ3v) is 2.82. The first-order valence-corrected chi connectivity index (χ1v) is 5.38. The molecular formula is C14H8F3N. The lowest BCUT2D eigenvalue weighted by atomic mass is 10.2. The van der Waals surface area contributed by atoms with Crippen LogP contribution in [0, 0.1) is 17.5 Å². The molecule has 0 saturated carbocycles. The Morgan fingerprint density at radius 1 is 0.833 bits per heavy atom. The molecule has 0 aliphatic rings. The number of hydrogen-bond acceptors (Lipinski definition) is 0. The lowest BCUT2D eigenvalue weighted by Gasteiger charge is -2.08. The fraction of sp³-hybridized carbons (Fsp3) is 0. The van der Waals surface area contributed by atoms with Crippen LogP contribution in [0.5, 0.6) is 0 Å². The van der Waals surface area contributed by atoms with E-state index in [1.807, 2.05) is 12.1 Å². The van der Waals surface area contributed by atoms with Crippen LogP contribution in [0.4, 0.5) is 13.2 Å². The van der Waals surface area contributed by atoms with E-state index in [1.165, 1.54) is 4.57 Å². The van der Waals surface area contributed by atoms with Crippen molar-refractivity contribution < 1.29 is 13.2 Å². The summed E-state index contributed by atoms with van der Waals surface area (Å²) in [5, 5.41) is 0.862. The highest BCUT2D eigenvalue weighted by Gasteiger charge is 2.14. The van der Waals surface area contributed by atoms with Crippen LogP contribution < -0.4 is 0 Å². The molecule has 90 valence electrons. The molecule has 1 heterocycles. The fourth-order valence-electron chi connectivity index (χ4n) is 2.04. The molecule has 0 bridgehead atoms. The van der Waals surface area contributed by atoms with Gasteiger partial charge < -0.3 is 4.57 Å². The maximum absolute atomic E-state index is 13.7. The van der Waals surface area contributed by atoms with Crippen molar-refractivity contribution in [3.63, 3.8) is 0 Å². The fourth-order valence-corrected chi connectivity index (χ4v) is 2.04. The molecule has 0 aliphatic carbocycles. The predicted octanol–water partition coefficient (Wildman–Crippen LogP) is 4.05. The Balaban J connectivity index is 2.33. The molecule has 0 fully saturated rings. The molecule has 18 heavy (non-hydrogen) atoms. The number of benzene rings is 2. The smallest absolute Gasteiger partial charge is 0.153 e. The van der Waals surface area contributed by atoms with E-state index in [0.29, 0.717) is 17.6 Å². The van der Waals surface area contributed by atoms with Gasteiger partial charge in [0.15, 0.2) is 11.6 Å². The Labute approximate surface area is 101 Å². The molecule has 3 aromatic rings. The molecular weight excluding hydrogens is 239 g/mol. The molecule has 0 spiro atoms. The summed E-state index contributed by atoms with van der Waals surface area (Å²) in [5.41, 5.74) is 0.402. The summed E-state index contributed by atoms with van der Waals surface area (Å²) in [6.07, 6.45) is 1.56. The lowest BCUT2D eigenvalue weighted by molar-refractivity contribution is 0.535. The number of halogens is 3. The van der Waals surface area contributed by atoms with E-state index in [1.54, 1.807) is 24.4 Å². The van der Waals surface area contributed by atoms with E-state index in [-0.39, 0.29) is 5.69 Å². The first kappa shape index (κ1) is 10.9. The average Bonchev–Trinajstić information content (AvgIpc) is 2.72. The summed E-state index contributed by atoms with van der Waals surface area (Å²) in [6.45, 7) is 0. The van der Waals surface area contributed by atoms with E-state index < -0.39 is 17.5 Å². The molecule has 0 radical (unpaired) electrons. The van der Waals surface area contributed by atoms with Crippen molar-refractivity contribution in [2.75, 3.05) is 0 Å². The van der Waals surface area contributed by atoms with Gasteiger partial charge in [0.1, 0.15) is 11.5 Å². The van der Waals surface area contributed by atoms with Crippen LogP contribution in [-0.4, -0.2) is 4.57 Å². The number of para-hydroxylation sites is 1. The maximum atomic E-state index is 13.7. The van der Waals surface area contributed by atoms with E-state index in [0.717, 1.165) is 5.39 Å². The van der Waals surface area contributed by atoms with Crippen LogP contribution in [0.15, 0.2) is 48.7 Å². The average molecular weight is 247 g/mol. The van der Waals surface area contributed by atoms with E-state index in [2.05, 4.69) is 0 Å². The second kappa shape index (κ2) is 3.91. The molecule has 4 heteroatoms. The summed E-state index contributed by atoms with van der Waals surface area (Å²) in [7, 11) is 0. The van der Waals surface area contributed by atoms with Gasteiger partial charge in [-0.25, -0.2) is 13.2 Å². The highest BCUT2D eigenvalue weighted by atomic mass is 19.1.